The van der Waals surface area contributed by atoms with Crippen molar-refractivity contribution < 1.29 is 14.3 Å². The minimum Gasteiger partial charge on any atom is -0.468 e. The number of rotatable bonds is 6. The van der Waals surface area contributed by atoms with Gasteiger partial charge >= 0.3 is 5.97 Å². The minimum atomic E-state index is -0.734. The van der Waals surface area contributed by atoms with Crippen LogP contribution < -0.4 is 10.6 Å². The number of benzene rings is 2. The maximum Gasteiger partial charge on any atom is 0.325 e. The van der Waals surface area contributed by atoms with Gasteiger partial charge in [0.15, 0.2) is 0 Å². The van der Waals surface area contributed by atoms with Crippen molar-refractivity contribution in [2.24, 2.45) is 5.73 Å². The predicted octanol–water partition coefficient (Wildman–Crippen LogP) is 1.76. The average molecular weight is 312 g/mol. The standard InChI is InChI=1S/C18H20N2O3/c1-23-17(21)13-20(15-10-6-3-7-11-15)18(22)16(19)12-14-8-4-2-5-9-14/h2-11,16H,12-13,19H2,1H3/t16-/m0/s1. The van der Waals surface area contributed by atoms with E-state index in [-0.39, 0.29) is 12.5 Å². The molecule has 0 saturated heterocycles. The zero-order valence-electron chi connectivity index (χ0n) is 13.0. The number of nitrogens with two attached hydrogens (primary N) is 1. The molecule has 0 saturated carbocycles. The molecule has 0 aliphatic carbocycles. The van der Waals surface area contributed by atoms with Gasteiger partial charge in [0.05, 0.1) is 13.2 Å². The van der Waals surface area contributed by atoms with Gasteiger partial charge in [0.25, 0.3) is 0 Å². The van der Waals surface area contributed by atoms with Crippen molar-refractivity contribution in [2.45, 2.75) is 12.5 Å². The maximum atomic E-state index is 12.7. The lowest BCUT2D eigenvalue weighted by atomic mass is 10.1. The van der Waals surface area contributed by atoms with E-state index in [4.69, 9.17) is 5.73 Å². The average Bonchev–Trinajstić information content (AvgIpc) is 2.60. The van der Waals surface area contributed by atoms with Crippen LogP contribution in [-0.2, 0) is 20.7 Å². The highest BCUT2D eigenvalue weighted by Crippen LogP contribution is 2.15. The maximum absolute atomic E-state index is 12.7. The Kier molecular flexibility index (Phi) is 5.88. The largest absolute Gasteiger partial charge is 0.468 e. The molecule has 0 spiro atoms. The van der Waals surface area contributed by atoms with Gasteiger partial charge in [-0.05, 0) is 24.1 Å². The van der Waals surface area contributed by atoms with E-state index in [0.717, 1.165) is 5.56 Å². The zero-order valence-corrected chi connectivity index (χ0v) is 13.0. The molecule has 23 heavy (non-hydrogen) atoms. The Hall–Kier alpha value is -2.66. The number of hydrogen-bond donors (Lipinski definition) is 1. The van der Waals surface area contributed by atoms with E-state index < -0.39 is 12.0 Å². The number of carbonyl (C=O) groups excluding carboxylic acids is 2. The Morgan fingerprint density at radius 1 is 1.04 bits per heavy atom. The zero-order chi connectivity index (χ0) is 16.7. The molecule has 0 radical (unpaired) electrons. The lowest BCUT2D eigenvalue weighted by Crippen LogP contribution is -2.47. The smallest absolute Gasteiger partial charge is 0.325 e. The van der Waals surface area contributed by atoms with Crippen molar-refractivity contribution in [1.29, 1.82) is 0 Å². The van der Waals surface area contributed by atoms with Gasteiger partial charge in [0, 0.05) is 5.69 Å². The molecule has 0 unspecified atom stereocenters. The highest BCUT2D eigenvalue weighted by Gasteiger charge is 2.25. The Labute approximate surface area is 135 Å². The third-order valence-corrected chi connectivity index (χ3v) is 3.46. The second-order valence-electron chi connectivity index (χ2n) is 5.13. The van der Waals surface area contributed by atoms with Crippen molar-refractivity contribution in [3.05, 3.63) is 66.2 Å². The van der Waals surface area contributed by atoms with Crippen LogP contribution in [0.1, 0.15) is 5.56 Å². The minimum absolute atomic E-state index is 0.165. The van der Waals surface area contributed by atoms with E-state index in [1.807, 2.05) is 36.4 Å². The molecule has 0 heterocycles. The number of para-hydroxylation sites is 1. The fourth-order valence-corrected chi connectivity index (χ4v) is 2.25. The number of methoxy groups -OCH3 is 1. The fourth-order valence-electron chi connectivity index (χ4n) is 2.25. The molecule has 5 heteroatoms. The molecule has 0 aliphatic heterocycles. The third kappa shape index (κ3) is 4.66. The molecule has 120 valence electrons. The quantitative estimate of drug-likeness (QED) is 0.825. The summed E-state index contributed by atoms with van der Waals surface area (Å²) in [7, 11) is 1.29. The molecular weight excluding hydrogens is 292 g/mol. The number of nitrogens with zero attached hydrogens (tertiary/aromatic N) is 1. The van der Waals surface area contributed by atoms with Crippen LogP contribution in [0.4, 0.5) is 5.69 Å². The van der Waals surface area contributed by atoms with E-state index >= 15 is 0 Å². The van der Waals surface area contributed by atoms with Gasteiger partial charge in [-0.2, -0.15) is 0 Å². The number of amides is 1. The summed E-state index contributed by atoms with van der Waals surface area (Å²) in [5.74, 6) is -0.806. The summed E-state index contributed by atoms with van der Waals surface area (Å²) in [6.45, 7) is -0.165. The van der Waals surface area contributed by atoms with Crippen LogP contribution >= 0.6 is 0 Å². The highest BCUT2D eigenvalue weighted by molar-refractivity contribution is 6.00. The van der Waals surface area contributed by atoms with E-state index in [1.165, 1.54) is 12.0 Å². The highest BCUT2D eigenvalue weighted by atomic mass is 16.5. The van der Waals surface area contributed by atoms with Gasteiger partial charge in [0.1, 0.15) is 6.54 Å². The van der Waals surface area contributed by atoms with Crippen LogP contribution in [0, 0.1) is 0 Å². The number of carbonyl (C=O) groups is 2. The van der Waals surface area contributed by atoms with Crippen LogP contribution in [0.15, 0.2) is 60.7 Å². The molecule has 1 amide bonds. The van der Waals surface area contributed by atoms with Crippen LogP contribution in [0.25, 0.3) is 0 Å². The fraction of sp³-hybridized carbons (Fsp3) is 0.222. The summed E-state index contributed by atoms with van der Waals surface area (Å²) < 4.78 is 4.68. The molecule has 0 bridgehead atoms. The lowest BCUT2D eigenvalue weighted by molar-refractivity contribution is -0.140. The first-order valence-corrected chi connectivity index (χ1v) is 7.34. The van der Waals surface area contributed by atoms with Crippen molar-refractivity contribution >= 4 is 17.6 Å². The van der Waals surface area contributed by atoms with Crippen molar-refractivity contribution in [1.82, 2.24) is 0 Å². The Bertz CT molecular complexity index is 644. The molecule has 0 fully saturated rings. The van der Waals surface area contributed by atoms with E-state index in [9.17, 15) is 9.59 Å². The Balaban J connectivity index is 2.17. The second kappa shape index (κ2) is 8.10. The van der Waals surface area contributed by atoms with Crippen molar-refractivity contribution in [2.75, 3.05) is 18.6 Å². The summed E-state index contributed by atoms with van der Waals surface area (Å²) in [6.07, 6.45) is 0.407. The SMILES string of the molecule is COC(=O)CN(C(=O)[C@@H](N)Cc1ccccc1)c1ccccc1. The molecule has 2 aromatic rings. The molecule has 2 aromatic carbocycles. The van der Waals surface area contributed by atoms with E-state index in [0.29, 0.717) is 12.1 Å². The molecule has 2 rings (SSSR count). The van der Waals surface area contributed by atoms with Crippen LogP contribution in [-0.4, -0.2) is 31.6 Å². The van der Waals surface area contributed by atoms with Gasteiger partial charge in [0.2, 0.25) is 5.91 Å². The first-order valence-electron chi connectivity index (χ1n) is 7.34. The molecule has 0 aliphatic rings. The van der Waals surface area contributed by atoms with E-state index in [1.54, 1.807) is 24.3 Å². The monoisotopic (exact) mass is 312 g/mol. The van der Waals surface area contributed by atoms with Crippen LogP contribution in [0.3, 0.4) is 0 Å². The van der Waals surface area contributed by atoms with Crippen molar-refractivity contribution in [3.8, 4) is 0 Å². The van der Waals surface area contributed by atoms with E-state index in [2.05, 4.69) is 4.74 Å². The summed E-state index contributed by atoms with van der Waals surface area (Å²) in [5, 5.41) is 0. The van der Waals surface area contributed by atoms with Gasteiger partial charge < -0.3 is 10.5 Å². The molecule has 0 aromatic heterocycles. The Morgan fingerprint density at radius 3 is 2.17 bits per heavy atom. The summed E-state index contributed by atoms with van der Waals surface area (Å²) >= 11 is 0. The number of hydrogen-bond acceptors (Lipinski definition) is 4. The van der Waals surface area contributed by atoms with Crippen LogP contribution in [0.2, 0.25) is 0 Å². The molecule has 1 atom stereocenters. The first-order chi connectivity index (χ1) is 11.1. The van der Waals surface area contributed by atoms with Gasteiger partial charge in [-0.15, -0.1) is 0 Å². The molecular formula is C18H20N2O3. The van der Waals surface area contributed by atoms with Gasteiger partial charge in [-0.3, -0.25) is 14.5 Å². The molecule has 2 N–H and O–H groups in total. The van der Waals surface area contributed by atoms with Gasteiger partial charge in [-0.25, -0.2) is 0 Å². The second-order valence-corrected chi connectivity index (χ2v) is 5.13. The summed E-state index contributed by atoms with van der Waals surface area (Å²) in [4.78, 5) is 25.7. The molecule has 5 nitrogen and oxygen atoms in total. The third-order valence-electron chi connectivity index (χ3n) is 3.46. The number of anilines is 1. The first kappa shape index (κ1) is 16.7. The number of esters is 1. The summed E-state index contributed by atoms with van der Waals surface area (Å²) in [5.41, 5.74) is 7.65. The Morgan fingerprint density at radius 2 is 1.61 bits per heavy atom. The predicted molar refractivity (Wildman–Crippen MR) is 88.9 cm³/mol. The van der Waals surface area contributed by atoms with Crippen LogP contribution in [0.5, 0.6) is 0 Å². The van der Waals surface area contributed by atoms with Gasteiger partial charge in [-0.1, -0.05) is 48.5 Å². The number of ether oxygens (including phenoxy) is 1. The normalized spacial score (nSPS) is 11.6. The lowest BCUT2D eigenvalue weighted by Gasteiger charge is -2.24. The summed E-state index contributed by atoms with van der Waals surface area (Å²) in [6, 6.07) is 17.8. The van der Waals surface area contributed by atoms with Crippen molar-refractivity contribution in [3.63, 3.8) is 0 Å². The topological polar surface area (TPSA) is 72.6 Å².